The van der Waals surface area contributed by atoms with Gasteiger partial charge in [-0.1, -0.05) is 47.7 Å². The molecule has 1 heterocycles. The topological polar surface area (TPSA) is 30.7 Å². The Morgan fingerprint density at radius 1 is 1.38 bits per heavy atom. The summed E-state index contributed by atoms with van der Waals surface area (Å²) in [5.41, 5.74) is 3.10. The first-order valence-corrected chi connectivity index (χ1v) is 6.05. The highest BCUT2D eigenvalue weighted by Gasteiger charge is 2.11. The van der Waals surface area contributed by atoms with Gasteiger partial charge < -0.3 is 0 Å². The normalized spacial score (nSPS) is 10.4. The first-order valence-electron chi connectivity index (χ1n) is 4.97. The Balaban J connectivity index is 2.37. The van der Waals surface area contributed by atoms with Gasteiger partial charge in [0.15, 0.2) is 0 Å². The molecule has 16 heavy (non-hydrogen) atoms. The van der Waals surface area contributed by atoms with Crippen LogP contribution in [0.2, 0.25) is 0 Å². The maximum Gasteiger partial charge on any atom is 0.127 e. The molecule has 0 radical (unpaired) electrons. The third-order valence-electron chi connectivity index (χ3n) is 2.14. The smallest absolute Gasteiger partial charge is 0.127 e. The van der Waals surface area contributed by atoms with E-state index in [0.717, 1.165) is 27.1 Å². The van der Waals surface area contributed by atoms with Crippen LogP contribution < -0.4 is 0 Å². The molecular weight excluding hydrogens is 313 g/mol. The van der Waals surface area contributed by atoms with Crippen molar-refractivity contribution in [1.29, 1.82) is 0 Å². The van der Waals surface area contributed by atoms with Gasteiger partial charge in [0.1, 0.15) is 9.39 Å². The Kier molecular flexibility index (Phi) is 3.38. The van der Waals surface area contributed by atoms with Crippen LogP contribution in [0.15, 0.2) is 42.5 Å². The molecule has 0 spiro atoms. The second-order valence-corrected chi connectivity index (χ2v) is 4.73. The van der Waals surface area contributed by atoms with Crippen LogP contribution in [0, 0.1) is 3.70 Å². The summed E-state index contributed by atoms with van der Waals surface area (Å²) in [7, 11) is 0. The minimum absolute atomic E-state index is 0.720. The summed E-state index contributed by atoms with van der Waals surface area (Å²) in [5.74, 6) is 0. The monoisotopic (exact) mass is 325 g/mol. The van der Waals surface area contributed by atoms with Gasteiger partial charge in [0.2, 0.25) is 0 Å². The Labute approximate surface area is 108 Å². The maximum atomic E-state index is 4.20. The van der Waals surface area contributed by atoms with Gasteiger partial charge in [-0.15, -0.1) is 5.10 Å². The molecule has 0 aliphatic carbocycles. The summed E-state index contributed by atoms with van der Waals surface area (Å²) in [5, 5.41) is 8.33. The number of hydrogen-bond donors (Lipinski definition) is 0. The molecule has 0 unspecified atom stereocenters. The molecule has 0 amide bonds. The quantitative estimate of drug-likeness (QED) is 0.641. The summed E-state index contributed by atoms with van der Waals surface area (Å²) in [6.07, 6.45) is 0. The lowest BCUT2D eigenvalue weighted by molar-refractivity contribution is 0.630. The lowest BCUT2D eigenvalue weighted by atomic mass is 10.2. The number of benzene rings is 1. The maximum absolute atomic E-state index is 4.20. The molecule has 82 valence electrons. The predicted molar refractivity (Wildman–Crippen MR) is 73.0 cm³/mol. The molecule has 0 aliphatic heterocycles. The molecular formula is C12H12IN3. The second-order valence-electron chi connectivity index (χ2n) is 3.71. The fourth-order valence-electron chi connectivity index (χ4n) is 1.43. The third-order valence-corrected chi connectivity index (χ3v) is 3.21. The van der Waals surface area contributed by atoms with E-state index in [1.807, 2.05) is 41.9 Å². The summed E-state index contributed by atoms with van der Waals surface area (Å²) in [6.45, 7) is 6.59. The molecule has 3 nitrogen and oxygen atoms in total. The van der Waals surface area contributed by atoms with Gasteiger partial charge in [0.05, 0.1) is 6.54 Å². The van der Waals surface area contributed by atoms with Crippen molar-refractivity contribution in [3.8, 4) is 11.3 Å². The average Bonchev–Trinajstić information content (AvgIpc) is 2.61. The number of halogens is 1. The van der Waals surface area contributed by atoms with Crippen molar-refractivity contribution in [2.45, 2.75) is 13.5 Å². The third kappa shape index (κ3) is 2.32. The van der Waals surface area contributed by atoms with Crippen LogP contribution in [0.5, 0.6) is 0 Å². The van der Waals surface area contributed by atoms with Gasteiger partial charge >= 0.3 is 0 Å². The van der Waals surface area contributed by atoms with Gasteiger partial charge in [-0.25, -0.2) is 4.68 Å². The van der Waals surface area contributed by atoms with Crippen molar-refractivity contribution >= 4 is 22.6 Å². The van der Waals surface area contributed by atoms with Crippen LogP contribution in [0.4, 0.5) is 0 Å². The molecule has 4 heteroatoms. The molecule has 0 bridgehead atoms. The minimum atomic E-state index is 0.720. The molecule has 0 fully saturated rings. The standard InChI is InChI=1S/C12H12IN3/c1-9(2)8-16-12(13)11(14-15-16)10-6-4-3-5-7-10/h3-7H,1,8H2,2H3. The summed E-state index contributed by atoms with van der Waals surface area (Å²) < 4.78 is 2.91. The van der Waals surface area contributed by atoms with Crippen LogP contribution in [-0.4, -0.2) is 15.0 Å². The zero-order valence-electron chi connectivity index (χ0n) is 9.02. The molecule has 1 aromatic heterocycles. The van der Waals surface area contributed by atoms with Gasteiger partial charge in [-0.2, -0.15) is 0 Å². The van der Waals surface area contributed by atoms with Crippen molar-refractivity contribution in [3.05, 3.63) is 46.2 Å². The van der Waals surface area contributed by atoms with Gasteiger partial charge in [-0.3, -0.25) is 0 Å². The predicted octanol–water partition coefficient (Wildman–Crippen LogP) is 3.13. The number of rotatable bonds is 3. The fourth-order valence-corrected chi connectivity index (χ4v) is 2.12. The Morgan fingerprint density at radius 2 is 2.06 bits per heavy atom. The molecule has 0 saturated heterocycles. The molecule has 1 aromatic carbocycles. The zero-order chi connectivity index (χ0) is 11.5. The molecule has 2 aromatic rings. The van der Waals surface area contributed by atoms with E-state index in [1.165, 1.54) is 0 Å². The van der Waals surface area contributed by atoms with Crippen LogP contribution in [0.1, 0.15) is 6.92 Å². The zero-order valence-corrected chi connectivity index (χ0v) is 11.2. The van der Waals surface area contributed by atoms with Crippen molar-refractivity contribution in [1.82, 2.24) is 15.0 Å². The van der Waals surface area contributed by atoms with Crippen molar-refractivity contribution in [2.24, 2.45) is 0 Å². The van der Waals surface area contributed by atoms with E-state index in [1.54, 1.807) is 0 Å². The molecule has 0 aliphatic rings. The number of allylic oxidation sites excluding steroid dienone is 1. The van der Waals surface area contributed by atoms with E-state index >= 15 is 0 Å². The van der Waals surface area contributed by atoms with E-state index in [-0.39, 0.29) is 0 Å². The SMILES string of the molecule is C=C(C)Cn1nnc(-c2ccccc2)c1I. The fraction of sp³-hybridized carbons (Fsp3) is 0.167. The molecule has 0 N–H and O–H groups in total. The Morgan fingerprint density at radius 3 is 2.69 bits per heavy atom. The van der Waals surface area contributed by atoms with Crippen molar-refractivity contribution in [3.63, 3.8) is 0 Å². The first-order chi connectivity index (χ1) is 7.68. The number of nitrogens with zero attached hydrogens (tertiary/aromatic N) is 3. The van der Waals surface area contributed by atoms with Crippen LogP contribution in [0.3, 0.4) is 0 Å². The van der Waals surface area contributed by atoms with Gasteiger partial charge in [0, 0.05) is 5.56 Å². The van der Waals surface area contributed by atoms with E-state index in [2.05, 4.69) is 39.5 Å². The average molecular weight is 325 g/mol. The minimum Gasteiger partial charge on any atom is -0.234 e. The van der Waals surface area contributed by atoms with Crippen LogP contribution in [0.25, 0.3) is 11.3 Å². The van der Waals surface area contributed by atoms with E-state index < -0.39 is 0 Å². The summed E-state index contributed by atoms with van der Waals surface area (Å²) in [4.78, 5) is 0. The molecule has 0 atom stereocenters. The highest BCUT2D eigenvalue weighted by molar-refractivity contribution is 14.1. The number of hydrogen-bond acceptors (Lipinski definition) is 2. The number of aromatic nitrogens is 3. The van der Waals surface area contributed by atoms with Crippen molar-refractivity contribution in [2.75, 3.05) is 0 Å². The highest BCUT2D eigenvalue weighted by Crippen LogP contribution is 2.22. The first kappa shape index (κ1) is 11.3. The lowest BCUT2D eigenvalue weighted by Crippen LogP contribution is -2.03. The van der Waals surface area contributed by atoms with Crippen LogP contribution in [-0.2, 0) is 6.54 Å². The van der Waals surface area contributed by atoms with E-state index in [4.69, 9.17) is 0 Å². The Bertz CT molecular complexity index is 502. The highest BCUT2D eigenvalue weighted by atomic mass is 127. The van der Waals surface area contributed by atoms with Crippen LogP contribution >= 0.6 is 22.6 Å². The van der Waals surface area contributed by atoms with E-state index in [0.29, 0.717) is 0 Å². The van der Waals surface area contributed by atoms with Gasteiger partial charge in [-0.05, 0) is 29.5 Å². The summed E-state index contributed by atoms with van der Waals surface area (Å²) >= 11 is 2.27. The second kappa shape index (κ2) is 4.78. The van der Waals surface area contributed by atoms with E-state index in [9.17, 15) is 0 Å². The lowest BCUT2D eigenvalue weighted by Gasteiger charge is -2.01. The Hall–Kier alpha value is -1.17. The summed E-state index contributed by atoms with van der Waals surface area (Å²) in [6, 6.07) is 10.1. The largest absolute Gasteiger partial charge is 0.234 e. The molecule has 0 saturated carbocycles. The van der Waals surface area contributed by atoms with Crippen molar-refractivity contribution < 1.29 is 0 Å². The molecule has 2 rings (SSSR count). The van der Waals surface area contributed by atoms with Gasteiger partial charge in [0.25, 0.3) is 0 Å².